The van der Waals surface area contributed by atoms with Crippen molar-refractivity contribution in [2.24, 2.45) is 0 Å². The van der Waals surface area contributed by atoms with Crippen LogP contribution >= 0.6 is 0 Å². The zero-order chi connectivity index (χ0) is 87.3. The Morgan fingerprint density at radius 1 is 0.161 bits per heavy atom. The van der Waals surface area contributed by atoms with Crippen LogP contribution in [0.25, 0.3) is 112 Å². The lowest BCUT2D eigenvalue weighted by atomic mass is 9.45. The average molecular weight is 1460 g/mol. The van der Waals surface area contributed by atoms with E-state index in [4.69, 9.17) is 19.4 Å². The first-order chi connectivity index (χ1) is 55.0. The van der Waals surface area contributed by atoms with Gasteiger partial charge in [0.1, 0.15) is 356 Å². The Balaban J connectivity index is 1.25. The lowest BCUT2D eigenvalue weighted by molar-refractivity contribution is 0.652. The maximum absolute atomic E-state index is 8.78. The topological polar surface area (TPSA) is 51.8 Å². The highest BCUT2D eigenvalue weighted by atomic mass is 16.3. The predicted molar refractivity (Wildman–Crippen MR) is 662 cm³/mol. The number of hydrogen-bond donors (Lipinski definition) is 0. The fourth-order valence-electron chi connectivity index (χ4n) is 22.9. The van der Waals surface area contributed by atoms with Crippen molar-refractivity contribution in [3.05, 3.63) is 28.3 Å². The zero-order valence-electron chi connectivity index (χ0n) is 80.8. The molecule has 1 aliphatic carbocycles. The molecule has 11 aromatic carbocycles. The Morgan fingerprint density at radius 3 is 0.703 bits per heavy atom. The van der Waals surface area contributed by atoms with Gasteiger partial charge in [-0.3, -0.25) is 0 Å². The number of fused-ring (bicyclic) bond motifs is 11. The van der Waals surface area contributed by atoms with E-state index < -0.39 is 5.41 Å². The second-order valence-electron chi connectivity index (χ2n) is 37.7. The number of rotatable bonds is 8. The molecule has 0 aliphatic heterocycles. The van der Waals surface area contributed by atoms with Gasteiger partial charge in [0.2, 0.25) is 0 Å². The third-order valence-corrected chi connectivity index (χ3v) is 33.7. The van der Waals surface area contributed by atoms with E-state index in [2.05, 4.69) is 351 Å². The van der Waals surface area contributed by atoms with E-state index in [0.29, 0.717) is 17.5 Å². The van der Waals surface area contributed by atoms with Gasteiger partial charge in [-0.15, -0.1) is 104 Å². The maximum atomic E-state index is 8.78. The molecule has 0 bridgehead atoms. The quantitative estimate of drug-likeness (QED) is 0.112. The fourth-order valence-corrected chi connectivity index (χ4v) is 22.9. The summed E-state index contributed by atoms with van der Waals surface area (Å²) in [5.74, 6) is 2.10. The van der Waals surface area contributed by atoms with Crippen LogP contribution in [0.4, 0.5) is 0 Å². The number of hydrogen-bond acceptors (Lipinski definition) is 4. The first-order valence-corrected chi connectivity index (χ1v) is 43.6. The summed E-state index contributed by atoms with van der Waals surface area (Å²) >= 11 is 0. The molecule has 2 heterocycles. The highest BCUT2D eigenvalue weighted by Gasteiger charge is 2.50. The predicted octanol–water partition coefficient (Wildman–Crippen LogP) is -58.8. The molecule has 118 heavy (non-hydrogen) atoms. The third-order valence-electron chi connectivity index (χ3n) is 33.7. The van der Waals surface area contributed by atoms with Gasteiger partial charge >= 0.3 is 0 Å². The Morgan fingerprint density at radius 2 is 0.364 bits per heavy atom. The molecular weight excluding hydrogens is 1370 g/mol. The Hall–Kier alpha value is -6.91. The molecule has 0 radical (unpaired) electrons. The number of benzene rings is 11. The fraction of sp³-hybridized carbons (Fsp3) is 0.0143. The minimum atomic E-state index is -1.06. The van der Waals surface area contributed by atoms with Gasteiger partial charge < -0.3 is 4.42 Å². The minimum absolute atomic E-state index is 0.683. The van der Waals surface area contributed by atoms with Crippen LogP contribution in [0.1, 0.15) is 22.3 Å². The van der Waals surface area contributed by atoms with Crippen molar-refractivity contribution < 1.29 is 4.42 Å². The van der Waals surface area contributed by atoms with Crippen molar-refractivity contribution >= 4 is 608 Å². The zero-order valence-corrected chi connectivity index (χ0v) is 80.8. The van der Waals surface area contributed by atoms with Gasteiger partial charge in [0, 0.05) is 38.6 Å². The van der Waals surface area contributed by atoms with Crippen LogP contribution in [-0.2, 0) is 5.41 Å². The molecule has 0 saturated carbocycles. The second-order valence-corrected chi connectivity index (χ2v) is 37.7. The van der Waals surface area contributed by atoms with Gasteiger partial charge in [-0.2, -0.15) is 0 Å². The standard InChI is InChI=1S/C70H89B44N3O/c71-3-1-2(22(72)46(96)23(3)73)70(20-43(93)60(110)64(114)61(111)44(20)94,19-25(75)4-5(26(76)42(19)92)7-9(30(80)53(103)51(101)28(7)78)11-10(31(81)54(104)55(105)32(11)82)8-6(4)27(77)50(100)52(102)29(8)79)21-45(95)49(99)36(86)15-14-35(85)48(98)34(84)13(65(14)118-66(15)21)12-24(74)16(37(87)47(97)33(12)83)67-115-68(17-38(88)56(106)62(112)57(107)39(17)89)117-69(116-67)18-40(90)58(108)63(113)59(109)41(18)91/h1H,71-114H2. The van der Waals surface area contributed by atoms with Crippen molar-refractivity contribution in [1.29, 1.82) is 0 Å². The van der Waals surface area contributed by atoms with Gasteiger partial charge in [-0.05, 0) is 66.8 Å². The Bertz CT molecular complexity index is 6750. The molecule has 14 rings (SSSR count). The van der Waals surface area contributed by atoms with Crippen molar-refractivity contribution in [1.82, 2.24) is 15.0 Å². The highest BCUT2D eigenvalue weighted by molar-refractivity contribution is 6.78. The van der Waals surface area contributed by atoms with E-state index in [1.165, 1.54) is 313 Å². The molecule has 0 saturated heterocycles. The minimum Gasteiger partial charge on any atom is -0.455 e. The molecule has 1 atom stereocenters. The number of nitrogens with zero attached hydrogens (tertiary/aromatic N) is 3. The molecule has 0 N–H and O–H groups in total. The summed E-state index contributed by atoms with van der Waals surface area (Å²) in [7, 11) is 105. The summed E-state index contributed by atoms with van der Waals surface area (Å²) in [5, 5.41) is 2.36. The third kappa shape index (κ3) is 11.8. The number of furan rings is 1. The summed E-state index contributed by atoms with van der Waals surface area (Å²) in [6, 6.07) is 2.65. The van der Waals surface area contributed by atoms with Crippen LogP contribution in [0.15, 0.2) is 10.5 Å². The molecule has 1 unspecified atom stereocenters. The summed E-state index contributed by atoms with van der Waals surface area (Å²) in [4.78, 5) is 17.4. The lowest BCUT2D eigenvalue weighted by Crippen LogP contribution is -2.64. The van der Waals surface area contributed by atoms with E-state index in [0.717, 1.165) is 44.3 Å². The SMILES string of the molecule is Bc1cc(C(c2c(B)c(B)c(B)c(B)c2B)(c2c(B)c(B)c3c(c2B)-c2c(B)c(B)c(B)c(B)c2-c2c(B)c(B)c(B)c(B)c2-c2c(B)c(B)c(B)c(B)c2-3)c2c(B)c(B)c(B)c3c2oc2c(-c4c(B)c(B)c(B)c(-c5nc(-c6c(B)c(B)c(B)c(B)c6B)nc(-c6c(B)c(B)c(B)c(B)c6B)n5)c4B)c(B)c(B)c(B)c23)c(B)c(B)c1B. The molecule has 1 aliphatic rings. The summed E-state index contributed by atoms with van der Waals surface area (Å²) < 4.78 is 8.78. The van der Waals surface area contributed by atoms with Crippen molar-refractivity contribution in [2.45, 2.75) is 5.41 Å². The first kappa shape index (κ1) is 87.4. The van der Waals surface area contributed by atoms with Crippen LogP contribution in [-0.4, -0.2) is 360 Å². The normalized spacial score (nSPS) is 12.3. The Labute approximate surface area is 744 Å². The highest BCUT2D eigenvalue weighted by Crippen LogP contribution is 2.48. The van der Waals surface area contributed by atoms with E-state index in [-0.39, 0.29) is 0 Å². The van der Waals surface area contributed by atoms with Crippen LogP contribution in [0.2, 0.25) is 0 Å². The van der Waals surface area contributed by atoms with Gasteiger partial charge in [0.25, 0.3) is 0 Å². The van der Waals surface area contributed by atoms with E-state index in [1.807, 2.05) is 0 Å². The van der Waals surface area contributed by atoms with Crippen LogP contribution in [0.5, 0.6) is 0 Å². The molecule has 0 spiro atoms. The smallest absolute Gasteiger partial charge is 0.162 e. The van der Waals surface area contributed by atoms with E-state index >= 15 is 0 Å². The van der Waals surface area contributed by atoms with Gasteiger partial charge in [0.15, 0.2) is 17.5 Å². The Kier molecular flexibility index (Phi) is 22.4. The van der Waals surface area contributed by atoms with Crippen molar-refractivity contribution in [2.75, 3.05) is 0 Å². The molecule has 0 fully saturated rings. The van der Waals surface area contributed by atoms with Gasteiger partial charge in [0.05, 0.1) is 5.41 Å². The van der Waals surface area contributed by atoms with Crippen LogP contribution in [0, 0.1) is 0 Å². The summed E-state index contributed by atoms with van der Waals surface area (Å²) in [5.41, 5.74) is 79.2. The monoisotopic (exact) mass is 1470 g/mol. The van der Waals surface area contributed by atoms with Gasteiger partial charge in [-0.25, -0.2) is 15.0 Å². The second kappa shape index (κ2) is 30.3. The molecule has 48 heteroatoms. The van der Waals surface area contributed by atoms with E-state index in [9.17, 15) is 0 Å². The molecular formula is C70H89B44N3O. The van der Waals surface area contributed by atoms with Crippen LogP contribution in [0.3, 0.4) is 0 Å². The first-order valence-electron chi connectivity index (χ1n) is 43.6. The molecule has 2 aromatic heterocycles. The average Bonchev–Trinajstić information content (AvgIpc) is 1.07. The maximum Gasteiger partial charge on any atom is 0.162 e. The molecule has 4 nitrogen and oxygen atoms in total. The van der Waals surface area contributed by atoms with Crippen molar-refractivity contribution in [3.63, 3.8) is 0 Å². The molecule has 13 aromatic rings. The molecule has 522 valence electrons. The van der Waals surface area contributed by atoms with Crippen LogP contribution < -0.4 is 240 Å². The summed E-state index contributed by atoms with van der Waals surface area (Å²) in [6.07, 6.45) is 0. The lowest BCUT2D eigenvalue weighted by Gasteiger charge is -2.47. The largest absolute Gasteiger partial charge is 0.455 e. The van der Waals surface area contributed by atoms with Gasteiger partial charge in [-0.1, -0.05) is 143 Å². The summed E-state index contributed by atoms with van der Waals surface area (Å²) in [6.45, 7) is 0. The molecule has 0 amide bonds. The van der Waals surface area contributed by atoms with Crippen molar-refractivity contribution in [3.8, 4) is 89.8 Å². The number of aromatic nitrogens is 3. The van der Waals surface area contributed by atoms with E-state index in [1.54, 1.807) is 0 Å².